The fraction of sp³-hybridized carbons (Fsp3) is 0.250. The number of ether oxygens (including phenoxy) is 1. The zero-order valence-corrected chi connectivity index (χ0v) is 15.0. The summed E-state index contributed by atoms with van der Waals surface area (Å²) in [6, 6.07) is 16.9. The van der Waals surface area contributed by atoms with Gasteiger partial charge >= 0.3 is 5.97 Å². The molecule has 3 rings (SSSR count). The highest BCUT2D eigenvalue weighted by molar-refractivity contribution is 6.30. The van der Waals surface area contributed by atoms with Crippen LogP contribution in [0.1, 0.15) is 30.4 Å². The smallest absolute Gasteiger partial charge is 0.306 e. The fourth-order valence-electron chi connectivity index (χ4n) is 2.67. The van der Waals surface area contributed by atoms with E-state index in [-0.39, 0.29) is 25.4 Å². The summed E-state index contributed by atoms with van der Waals surface area (Å²) in [6.45, 7) is 0.689. The van der Waals surface area contributed by atoms with Gasteiger partial charge in [0, 0.05) is 17.9 Å². The maximum atomic E-state index is 12.2. The second-order valence-electron chi connectivity index (χ2n) is 5.97. The molecule has 0 spiro atoms. The molecule has 2 aromatic carbocycles. The first-order valence-corrected chi connectivity index (χ1v) is 8.83. The molecule has 0 N–H and O–H groups in total. The van der Waals surface area contributed by atoms with Crippen LogP contribution in [-0.2, 0) is 20.9 Å². The third-order valence-electron chi connectivity index (χ3n) is 4.03. The molecule has 1 amide bonds. The van der Waals surface area contributed by atoms with Gasteiger partial charge in [0.25, 0.3) is 0 Å². The minimum Gasteiger partial charge on any atom is -0.461 e. The molecule has 134 valence electrons. The molecule has 0 radical (unpaired) electrons. The Kier molecular flexibility index (Phi) is 6.02. The Bertz CT molecular complexity index is 821. The van der Waals surface area contributed by atoms with Crippen LogP contribution in [0.4, 0.5) is 0 Å². The molecule has 6 heteroatoms. The van der Waals surface area contributed by atoms with E-state index in [2.05, 4.69) is 5.10 Å². The van der Waals surface area contributed by atoms with Gasteiger partial charge in [0.05, 0.1) is 18.7 Å². The number of halogens is 1. The summed E-state index contributed by atoms with van der Waals surface area (Å²) in [7, 11) is 0. The molecule has 0 unspecified atom stereocenters. The Hall–Kier alpha value is -2.66. The second-order valence-corrected chi connectivity index (χ2v) is 6.41. The Morgan fingerprint density at radius 1 is 1.08 bits per heavy atom. The first kappa shape index (κ1) is 18.1. The maximum Gasteiger partial charge on any atom is 0.306 e. The highest BCUT2D eigenvalue weighted by Gasteiger charge is 2.22. The van der Waals surface area contributed by atoms with E-state index in [0.717, 1.165) is 23.3 Å². The lowest BCUT2D eigenvalue weighted by Crippen LogP contribution is -2.24. The predicted octanol–water partition coefficient (Wildman–Crippen LogP) is 3.80. The molecular formula is C20H19ClN2O3. The lowest BCUT2D eigenvalue weighted by molar-refractivity contribution is -0.147. The lowest BCUT2D eigenvalue weighted by Gasteiger charge is -2.11. The van der Waals surface area contributed by atoms with Crippen LogP contribution < -0.4 is 0 Å². The van der Waals surface area contributed by atoms with E-state index in [1.165, 1.54) is 5.01 Å². The highest BCUT2D eigenvalue weighted by Crippen LogP contribution is 2.15. The van der Waals surface area contributed by atoms with E-state index >= 15 is 0 Å². The molecule has 0 saturated heterocycles. The van der Waals surface area contributed by atoms with Crippen molar-refractivity contribution in [2.75, 3.05) is 6.54 Å². The van der Waals surface area contributed by atoms with Crippen molar-refractivity contribution in [2.45, 2.75) is 25.9 Å². The van der Waals surface area contributed by atoms with Crippen molar-refractivity contribution < 1.29 is 14.3 Å². The Balaban J connectivity index is 1.45. The van der Waals surface area contributed by atoms with Crippen molar-refractivity contribution in [3.05, 3.63) is 70.7 Å². The van der Waals surface area contributed by atoms with Gasteiger partial charge in [-0.2, -0.15) is 5.10 Å². The van der Waals surface area contributed by atoms with Gasteiger partial charge in [-0.25, -0.2) is 5.01 Å². The Morgan fingerprint density at radius 3 is 2.65 bits per heavy atom. The van der Waals surface area contributed by atoms with Crippen molar-refractivity contribution in [1.82, 2.24) is 5.01 Å². The normalized spacial score (nSPS) is 13.4. The van der Waals surface area contributed by atoms with Gasteiger partial charge in [-0.1, -0.05) is 54.1 Å². The highest BCUT2D eigenvalue weighted by atomic mass is 35.5. The maximum absolute atomic E-state index is 12.2. The molecule has 2 aromatic rings. The molecule has 0 saturated carbocycles. The lowest BCUT2D eigenvalue weighted by atomic mass is 10.1. The van der Waals surface area contributed by atoms with Gasteiger partial charge < -0.3 is 4.74 Å². The van der Waals surface area contributed by atoms with Crippen LogP contribution in [0.2, 0.25) is 5.02 Å². The van der Waals surface area contributed by atoms with Gasteiger partial charge in [0.2, 0.25) is 5.91 Å². The molecular weight excluding hydrogens is 352 g/mol. The summed E-state index contributed by atoms with van der Waals surface area (Å²) < 4.78 is 5.18. The van der Waals surface area contributed by atoms with E-state index < -0.39 is 5.97 Å². The van der Waals surface area contributed by atoms with Crippen LogP contribution >= 0.6 is 11.6 Å². The number of amides is 1. The van der Waals surface area contributed by atoms with Crippen molar-refractivity contribution in [3.63, 3.8) is 0 Å². The minimum absolute atomic E-state index is 0.0338. The van der Waals surface area contributed by atoms with Gasteiger partial charge in [-0.3, -0.25) is 9.59 Å². The first-order chi connectivity index (χ1) is 12.6. The molecule has 0 bridgehead atoms. The Labute approximate surface area is 157 Å². The molecule has 26 heavy (non-hydrogen) atoms. The molecule has 1 heterocycles. The summed E-state index contributed by atoms with van der Waals surface area (Å²) in [5.74, 6) is -0.583. The first-order valence-electron chi connectivity index (χ1n) is 8.45. The summed E-state index contributed by atoms with van der Waals surface area (Å²) >= 11 is 5.89. The number of hydrogen-bond donors (Lipinski definition) is 0. The van der Waals surface area contributed by atoms with Crippen molar-refractivity contribution in [1.29, 1.82) is 0 Å². The van der Waals surface area contributed by atoms with Crippen molar-refractivity contribution in [3.8, 4) is 0 Å². The number of esters is 1. The van der Waals surface area contributed by atoms with Crippen LogP contribution in [0.25, 0.3) is 0 Å². The molecule has 0 aliphatic carbocycles. The number of hydrogen-bond acceptors (Lipinski definition) is 4. The van der Waals surface area contributed by atoms with E-state index in [9.17, 15) is 9.59 Å². The number of benzene rings is 2. The molecule has 1 aliphatic heterocycles. The van der Waals surface area contributed by atoms with Crippen molar-refractivity contribution >= 4 is 29.2 Å². The second kappa shape index (κ2) is 8.63. The van der Waals surface area contributed by atoms with Crippen molar-refractivity contribution in [2.24, 2.45) is 5.10 Å². The number of rotatable bonds is 6. The van der Waals surface area contributed by atoms with Crippen LogP contribution in [-0.4, -0.2) is 29.1 Å². The monoisotopic (exact) mass is 370 g/mol. The topological polar surface area (TPSA) is 59.0 Å². The molecule has 5 nitrogen and oxygen atoms in total. The minimum atomic E-state index is -0.412. The Morgan fingerprint density at radius 2 is 1.88 bits per heavy atom. The largest absolute Gasteiger partial charge is 0.461 e. The summed E-state index contributed by atoms with van der Waals surface area (Å²) in [6.07, 6.45) is 0.834. The third kappa shape index (κ3) is 4.92. The third-order valence-corrected chi connectivity index (χ3v) is 4.26. The van der Waals surface area contributed by atoms with Crippen LogP contribution in [0.15, 0.2) is 59.7 Å². The summed E-state index contributed by atoms with van der Waals surface area (Å²) in [5.41, 5.74) is 2.72. The standard InChI is InChI=1S/C20H19ClN2O3/c21-17-8-4-5-15(13-17)14-26-20(25)10-9-19(24)23-12-11-18(22-23)16-6-2-1-3-7-16/h1-8,13H,9-12,14H2. The van der Waals surface area contributed by atoms with Gasteiger partial charge in [-0.05, 0) is 23.3 Å². The average molecular weight is 371 g/mol. The predicted molar refractivity (Wildman–Crippen MR) is 99.8 cm³/mol. The zero-order valence-electron chi connectivity index (χ0n) is 14.2. The number of hydrazone groups is 1. The zero-order chi connectivity index (χ0) is 18.4. The molecule has 0 atom stereocenters. The fourth-order valence-corrected chi connectivity index (χ4v) is 2.88. The van der Waals surface area contributed by atoms with Gasteiger partial charge in [0.1, 0.15) is 6.61 Å². The van der Waals surface area contributed by atoms with Crippen LogP contribution in [0, 0.1) is 0 Å². The summed E-state index contributed by atoms with van der Waals surface area (Å²) in [5, 5.41) is 6.40. The SMILES string of the molecule is O=C(CCC(=O)N1CCC(c2ccccc2)=N1)OCc1cccc(Cl)c1. The van der Waals surface area contributed by atoms with E-state index in [1.54, 1.807) is 18.2 Å². The van der Waals surface area contributed by atoms with E-state index in [4.69, 9.17) is 16.3 Å². The number of carbonyl (C=O) groups excluding carboxylic acids is 2. The molecule has 0 fully saturated rings. The average Bonchev–Trinajstić information content (AvgIpc) is 3.15. The molecule has 1 aliphatic rings. The van der Waals surface area contributed by atoms with Gasteiger partial charge in [0.15, 0.2) is 0 Å². The quantitative estimate of drug-likeness (QED) is 0.727. The van der Waals surface area contributed by atoms with Gasteiger partial charge in [-0.15, -0.1) is 0 Å². The van der Waals surface area contributed by atoms with Crippen LogP contribution in [0.5, 0.6) is 0 Å². The number of nitrogens with zero attached hydrogens (tertiary/aromatic N) is 2. The van der Waals surface area contributed by atoms with E-state index in [1.807, 2.05) is 36.4 Å². The van der Waals surface area contributed by atoms with E-state index in [0.29, 0.717) is 11.6 Å². The summed E-state index contributed by atoms with van der Waals surface area (Å²) in [4.78, 5) is 24.1. The molecule has 0 aromatic heterocycles. The number of carbonyl (C=O) groups is 2. The van der Waals surface area contributed by atoms with Crippen LogP contribution in [0.3, 0.4) is 0 Å².